The molecule has 0 saturated heterocycles. The summed E-state index contributed by atoms with van der Waals surface area (Å²) in [6.45, 7) is 2.44. The van der Waals surface area contributed by atoms with Crippen molar-refractivity contribution in [3.63, 3.8) is 0 Å². The standard InChI is InChI=1S/C11H12N6O3/c1-2-12-9-5-7(8(6-15-9)17(19)20)10(18)16-11-13-3-4-14-11/h3-6H,2H2,1H3,(H,12,15)(H2,13,14,16,18). The van der Waals surface area contributed by atoms with Crippen LogP contribution in [0.1, 0.15) is 17.3 Å². The van der Waals surface area contributed by atoms with E-state index in [1.54, 1.807) is 0 Å². The van der Waals surface area contributed by atoms with Gasteiger partial charge in [-0.05, 0) is 6.92 Å². The number of H-pyrrole nitrogens is 1. The number of hydrogen-bond acceptors (Lipinski definition) is 6. The fourth-order valence-corrected chi connectivity index (χ4v) is 1.56. The molecule has 1 amide bonds. The van der Waals surface area contributed by atoms with Crippen molar-refractivity contribution in [2.45, 2.75) is 6.92 Å². The average Bonchev–Trinajstić information content (AvgIpc) is 2.91. The van der Waals surface area contributed by atoms with Gasteiger partial charge in [0.2, 0.25) is 5.95 Å². The minimum absolute atomic E-state index is 0.0858. The fourth-order valence-electron chi connectivity index (χ4n) is 1.56. The van der Waals surface area contributed by atoms with Crippen LogP contribution in [-0.2, 0) is 0 Å². The van der Waals surface area contributed by atoms with E-state index in [1.807, 2.05) is 6.92 Å². The number of carbonyl (C=O) groups is 1. The van der Waals surface area contributed by atoms with Gasteiger partial charge in [-0.25, -0.2) is 9.97 Å². The van der Waals surface area contributed by atoms with Crippen molar-refractivity contribution in [1.82, 2.24) is 15.0 Å². The van der Waals surface area contributed by atoms with Crippen molar-refractivity contribution in [3.05, 3.63) is 40.3 Å². The zero-order chi connectivity index (χ0) is 14.5. The van der Waals surface area contributed by atoms with Crippen molar-refractivity contribution in [1.29, 1.82) is 0 Å². The number of nitro groups is 1. The maximum Gasteiger partial charge on any atom is 0.300 e. The summed E-state index contributed by atoms with van der Waals surface area (Å²) in [5.41, 5.74) is -0.451. The van der Waals surface area contributed by atoms with Crippen LogP contribution >= 0.6 is 0 Å². The van der Waals surface area contributed by atoms with Crippen LogP contribution in [0.4, 0.5) is 17.5 Å². The molecule has 0 spiro atoms. The molecule has 2 aromatic rings. The molecule has 0 aliphatic rings. The Morgan fingerprint density at radius 3 is 2.90 bits per heavy atom. The summed E-state index contributed by atoms with van der Waals surface area (Å²) >= 11 is 0. The molecule has 0 fully saturated rings. The van der Waals surface area contributed by atoms with Gasteiger partial charge < -0.3 is 10.3 Å². The van der Waals surface area contributed by atoms with Gasteiger partial charge in [0.1, 0.15) is 17.6 Å². The van der Waals surface area contributed by atoms with Gasteiger partial charge in [0, 0.05) is 25.0 Å². The number of hydrogen-bond donors (Lipinski definition) is 3. The van der Waals surface area contributed by atoms with E-state index < -0.39 is 10.8 Å². The Morgan fingerprint density at radius 2 is 2.30 bits per heavy atom. The van der Waals surface area contributed by atoms with Crippen LogP contribution in [0.2, 0.25) is 0 Å². The van der Waals surface area contributed by atoms with Gasteiger partial charge in [0.05, 0.1) is 4.92 Å². The minimum Gasteiger partial charge on any atom is -0.370 e. The molecule has 0 unspecified atom stereocenters. The number of rotatable bonds is 5. The van der Waals surface area contributed by atoms with Crippen LogP contribution in [-0.4, -0.2) is 32.3 Å². The van der Waals surface area contributed by atoms with Crippen LogP contribution in [0.15, 0.2) is 24.7 Å². The van der Waals surface area contributed by atoms with Gasteiger partial charge in [-0.15, -0.1) is 0 Å². The Kier molecular flexibility index (Phi) is 3.89. The Balaban J connectivity index is 2.33. The summed E-state index contributed by atoms with van der Waals surface area (Å²) in [4.78, 5) is 32.7. The first-order valence-electron chi connectivity index (χ1n) is 5.81. The molecule has 0 radical (unpaired) electrons. The molecule has 104 valence electrons. The van der Waals surface area contributed by atoms with Gasteiger partial charge in [-0.1, -0.05) is 0 Å². The number of amides is 1. The molecule has 2 rings (SSSR count). The first-order valence-corrected chi connectivity index (χ1v) is 5.81. The lowest BCUT2D eigenvalue weighted by Crippen LogP contribution is -2.16. The van der Waals surface area contributed by atoms with Crippen LogP contribution in [0, 0.1) is 10.1 Å². The van der Waals surface area contributed by atoms with E-state index in [0.29, 0.717) is 12.4 Å². The van der Waals surface area contributed by atoms with Crippen molar-refractivity contribution >= 4 is 23.4 Å². The third-order valence-corrected chi connectivity index (χ3v) is 2.41. The van der Waals surface area contributed by atoms with E-state index in [-0.39, 0.29) is 17.2 Å². The zero-order valence-electron chi connectivity index (χ0n) is 10.6. The lowest BCUT2D eigenvalue weighted by Gasteiger charge is -2.06. The van der Waals surface area contributed by atoms with Gasteiger partial charge in [0.15, 0.2) is 0 Å². The van der Waals surface area contributed by atoms with Gasteiger partial charge in [-0.3, -0.25) is 20.2 Å². The lowest BCUT2D eigenvalue weighted by atomic mass is 10.2. The molecule has 9 nitrogen and oxygen atoms in total. The molecule has 20 heavy (non-hydrogen) atoms. The van der Waals surface area contributed by atoms with Crippen LogP contribution in [0.25, 0.3) is 0 Å². The monoisotopic (exact) mass is 276 g/mol. The van der Waals surface area contributed by atoms with Gasteiger partial charge >= 0.3 is 0 Å². The van der Waals surface area contributed by atoms with Crippen LogP contribution in [0.5, 0.6) is 0 Å². The molecule has 2 heterocycles. The normalized spacial score (nSPS) is 10.1. The number of nitrogens with zero attached hydrogens (tertiary/aromatic N) is 3. The highest BCUT2D eigenvalue weighted by Crippen LogP contribution is 2.21. The highest BCUT2D eigenvalue weighted by atomic mass is 16.6. The van der Waals surface area contributed by atoms with Crippen molar-refractivity contribution in [3.8, 4) is 0 Å². The molecule has 0 saturated carbocycles. The number of aromatic amines is 1. The number of pyridine rings is 1. The summed E-state index contributed by atoms with van der Waals surface area (Å²) in [6, 6.07) is 1.33. The molecule has 0 bridgehead atoms. The highest BCUT2D eigenvalue weighted by Gasteiger charge is 2.22. The number of imidazole rings is 1. The topological polar surface area (TPSA) is 126 Å². The number of carbonyl (C=O) groups excluding carboxylic acids is 1. The van der Waals surface area contributed by atoms with E-state index in [9.17, 15) is 14.9 Å². The third-order valence-electron chi connectivity index (χ3n) is 2.41. The molecular formula is C11H12N6O3. The second-order valence-electron chi connectivity index (χ2n) is 3.77. The summed E-state index contributed by atoms with van der Waals surface area (Å²) in [7, 11) is 0. The SMILES string of the molecule is CCNc1cc(C(=O)Nc2ncc[nH]2)c([N+](=O)[O-])cn1. The number of nitrogens with one attached hydrogen (secondary N) is 3. The molecule has 2 aromatic heterocycles. The Hall–Kier alpha value is -2.97. The smallest absolute Gasteiger partial charge is 0.300 e. The van der Waals surface area contributed by atoms with Gasteiger partial charge in [0.25, 0.3) is 11.6 Å². The summed E-state index contributed by atoms with van der Waals surface area (Å²) < 4.78 is 0. The average molecular weight is 276 g/mol. The quantitative estimate of drug-likeness (QED) is 0.559. The van der Waals surface area contributed by atoms with E-state index >= 15 is 0 Å². The minimum atomic E-state index is -0.653. The highest BCUT2D eigenvalue weighted by molar-refractivity contribution is 6.06. The Bertz CT molecular complexity index is 625. The van der Waals surface area contributed by atoms with Gasteiger partial charge in [-0.2, -0.15) is 0 Å². The van der Waals surface area contributed by atoms with E-state index in [0.717, 1.165) is 6.20 Å². The largest absolute Gasteiger partial charge is 0.370 e. The summed E-state index contributed by atoms with van der Waals surface area (Å²) in [5, 5.41) is 16.3. The summed E-state index contributed by atoms with van der Waals surface area (Å²) in [6.07, 6.45) is 4.04. The second kappa shape index (κ2) is 5.78. The Morgan fingerprint density at radius 1 is 1.50 bits per heavy atom. The fraction of sp³-hybridized carbons (Fsp3) is 0.182. The van der Waals surface area contributed by atoms with Crippen molar-refractivity contribution in [2.24, 2.45) is 0 Å². The first kappa shape index (κ1) is 13.5. The van der Waals surface area contributed by atoms with Crippen molar-refractivity contribution in [2.75, 3.05) is 17.2 Å². The zero-order valence-corrected chi connectivity index (χ0v) is 10.6. The molecule has 9 heteroatoms. The predicted octanol–water partition coefficient (Wildman–Crippen LogP) is 1.40. The molecule has 3 N–H and O–H groups in total. The molecular weight excluding hydrogens is 264 g/mol. The van der Waals surface area contributed by atoms with Crippen LogP contribution < -0.4 is 10.6 Å². The molecule has 0 aliphatic heterocycles. The maximum absolute atomic E-state index is 12.1. The number of anilines is 2. The first-order chi connectivity index (χ1) is 9.61. The molecule has 0 aliphatic carbocycles. The summed E-state index contributed by atoms with van der Waals surface area (Å²) in [5.74, 6) is -0.0259. The van der Waals surface area contributed by atoms with E-state index in [2.05, 4.69) is 25.6 Å². The second-order valence-corrected chi connectivity index (χ2v) is 3.77. The Labute approximate surface area is 113 Å². The number of aromatic nitrogens is 3. The maximum atomic E-state index is 12.1. The lowest BCUT2D eigenvalue weighted by molar-refractivity contribution is -0.385. The predicted molar refractivity (Wildman–Crippen MR) is 71.6 cm³/mol. The third kappa shape index (κ3) is 2.88. The molecule has 0 aromatic carbocycles. The van der Waals surface area contributed by atoms with Crippen molar-refractivity contribution < 1.29 is 9.72 Å². The van der Waals surface area contributed by atoms with E-state index in [4.69, 9.17) is 0 Å². The molecule has 0 atom stereocenters. The van der Waals surface area contributed by atoms with E-state index in [1.165, 1.54) is 18.5 Å². The van der Waals surface area contributed by atoms with Crippen LogP contribution in [0.3, 0.4) is 0 Å².